The van der Waals surface area contributed by atoms with E-state index in [2.05, 4.69) is 73.6 Å². The van der Waals surface area contributed by atoms with Crippen LogP contribution in [0.5, 0.6) is 0 Å². The Morgan fingerprint density at radius 3 is 1.53 bits per heavy atom. The summed E-state index contributed by atoms with van der Waals surface area (Å²) in [6, 6.07) is 44.5. The standard InChI is InChI=1S/C44H47ClN6O3.C37H41ClN6O3/c1-31-26-48(30-47-31)27-33-12-8-14-37(24-33)51(28-32-10-4-2-5-11-32)43(52)40-29-49(22-23-50(40)44(53)54-38-15-6-3-7-16-38)42-39-20-19-36(45)25-35(39)18-17-34-13-9-21-46-41(34)42;1-25-21-42(24-40-25)22-26-7-5-9-30(19-26)41-36(45)33-23-43(17-18-44(33)37(46)47-31-10-3-2-4-11-31)35-32-15-14-29(38)20-28(32)13-12-27-8-6-16-39-34(27)35/h2,4-5,8-14,19-21,24-26,30,38,40,42H,3,6-7,15-18,22-23,27-29H2,1H3;5-9,14-16,19-21,24,31,33,35H,2-4,10-13,17-18,22-23H2,1H3,(H,41,45)/t40?,42-;33?,35-/m11/s1. The number of pyridine rings is 2. The SMILES string of the molecule is Cc1cn(Cc2cccc(N(Cc3ccccc3)C(=O)C3CN([C@@H]4c5ccc(Cl)cc5CCc5cccnc54)CCN3C(=O)OC3CCCCC3)c2)cn1.Cc1cn(Cc2cccc(NC(=O)C3CN([C@@H]4c5ccc(Cl)cc5CCc5cccnc54)CCN3C(=O)OC3CCCCC3)c2)cn1. The summed E-state index contributed by atoms with van der Waals surface area (Å²) in [5.41, 5.74) is 15.5. The van der Waals surface area contributed by atoms with Crippen LogP contribution in [0.4, 0.5) is 21.0 Å². The van der Waals surface area contributed by atoms with Gasteiger partial charge in [-0.25, -0.2) is 19.6 Å². The van der Waals surface area contributed by atoms with Crippen LogP contribution in [-0.2, 0) is 64.4 Å². The summed E-state index contributed by atoms with van der Waals surface area (Å²) in [5.74, 6) is -0.386. The Balaban J connectivity index is 0.000000173. The summed E-state index contributed by atoms with van der Waals surface area (Å²) < 4.78 is 16.3. The molecule has 6 heterocycles. The van der Waals surface area contributed by atoms with Crippen LogP contribution in [0.15, 0.2) is 177 Å². The van der Waals surface area contributed by atoms with Crippen molar-refractivity contribution in [2.24, 2.45) is 0 Å². The molecule has 522 valence electrons. The van der Waals surface area contributed by atoms with Gasteiger partial charge in [-0.3, -0.25) is 39.2 Å². The molecule has 6 aliphatic rings. The number of rotatable bonds is 14. The van der Waals surface area contributed by atoms with Crippen LogP contribution < -0.4 is 10.2 Å². The Bertz CT molecular complexity index is 4400. The maximum Gasteiger partial charge on any atom is 0.410 e. The van der Waals surface area contributed by atoms with Gasteiger partial charge >= 0.3 is 12.2 Å². The zero-order chi connectivity index (χ0) is 69.3. The van der Waals surface area contributed by atoms with Crippen molar-refractivity contribution in [1.82, 2.24) is 48.7 Å². The molecule has 15 rings (SSSR count). The lowest BCUT2D eigenvalue weighted by molar-refractivity contribution is -0.126. The van der Waals surface area contributed by atoms with Gasteiger partial charge in [0.25, 0.3) is 5.91 Å². The van der Waals surface area contributed by atoms with Crippen molar-refractivity contribution < 1.29 is 28.7 Å². The van der Waals surface area contributed by atoms with Gasteiger partial charge in [0, 0.05) is 98.6 Å². The Morgan fingerprint density at radius 2 is 1.00 bits per heavy atom. The Morgan fingerprint density at radius 1 is 0.505 bits per heavy atom. The van der Waals surface area contributed by atoms with Crippen LogP contribution in [0.25, 0.3) is 0 Å². The molecule has 4 aromatic heterocycles. The van der Waals surface area contributed by atoms with Gasteiger partial charge in [0.05, 0.1) is 54.1 Å². The van der Waals surface area contributed by atoms with Crippen LogP contribution in [-0.4, -0.2) is 136 Å². The van der Waals surface area contributed by atoms with Crippen LogP contribution in [0.1, 0.15) is 149 Å². The Kier molecular flexibility index (Phi) is 21.7. The lowest BCUT2D eigenvalue weighted by atomic mass is 9.95. The highest BCUT2D eigenvalue weighted by molar-refractivity contribution is 6.31. The van der Waals surface area contributed by atoms with Crippen molar-refractivity contribution in [3.05, 3.63) is 260 Å². The van der Waals surface area contributed by atoms with Crippen molar-refractivity contribution in [2.45, 2.75) is 160 Å². The van der Waals surface area contributed by atoms with E-state index >= 15 is 4.79 Å². The van der Waals surface area contributed by atoms with E-state index in [1.165, 1.54) is 28.7 Å². The number of hydrogen-bond donors (Lipinski definition) is 1. The molecule has 1 N–H and O–H groups in total. The van der Waals surface area contributed by atoms with Crippen LogP contribution >= 0.6 is 23.2 Å². The predicted octanol–water partition coefficient (Wildman–Crippen LogP) is 14.7. The van der Waals surface area contributed by atoms with E-state index in [0.717, 1.165) is 140 Å². The number of carbonyl (C=O) groups is 4. The van der Waals surface area contributed by atoms with Gasteiger partial charge in [0.15, 0.2) is 0 Å². The third kappa shape index (κ3) is 16.4. The van der Waals surface area contributed by atoms with Gasteiger partial charge in [-0.2, -0.15) is 0 Å². The van der Waals surface area contributed by atoms with E-state index < -0.39 is 24.3 Å². The maximum absolute atomic E-state index is 15.4. The average molecular weight is 1400 g/mol. The Hall–Kier alpha value is -9.20. The topological polar surface area (TPSA) is 176 Å². The number of carbonyl (C=O) groups excluding carboxylic acids is 4. The number of hydrogen-bond acceptors (Lipinski definition) is 12. The molecule has 2 unspecified atom stereocenters. The smallest absolute Gasteiger partial charge is 0.410 e. The fraction of sp³-hybridized carbons (Fsp3) is 0.383. The number of anilines is 2. The molecule has 4 aliphatic carbocycles. The van der Waals surface area contributed by atoms with Gasteiger partial charge in [-0.05, 0) is 202 Å². The number of fused-ring (bicyclic) bond motifs is 4. The summed E-state index contributed by atoms with van der Waals surface area (Å²) in [6.07, 6.45) is 23.7. The summed E-state index contributed by atoms with van der Waals surface area (Å²) in [4.78, 5) is 86.0. The highest BCUT2D eigenvalue weighted by atomic mass is 35.5. The maximum atomic E-state index is 15.4. The number of piperazine rings is 2. The average Bonchev–Trinajstić information content (AvgIpc) is 1.69. The van der Waals surface area contributed by atoms with Crippen LogP contribution in [0.2, 0.25) is 10.0 Å². The second-order valence-electron chi connectivity index (χ2n) is 27.9. The molecular formula is C81H88Cl2N12O6. The second-order valence-corrected chi connectivity index (χ2v) is 28.8. The molecule has 4 atom stereocenters. The van der Waals surface area contributed by atoms with Crippen molar-refractivity contribution in [1.29, 1.82) is 0 Å². The first-order valence-corrected chi connectivity index (χ1v) is 36.7. The highest BCUT2D eigenvalue weighted by Gasteiger charge is 2.45. The largest absolute Gasteiger partial charge is 0.446 e. The first-order valence-electron chi connectivity index (χ1n) is 36.0. The summed E-state index contributed by atoms with van der Waals surface area (Å²) >= 11 is 13.0. The fourth-order valence-corrected chi connectivity index (χ4v) is 16.2. The first-order chi connectivity index (χ1) is 49.3. The lowest BCUT2D eigenvalue weighted by Gasteiger charge is -2.45. The normalized spacial score (nSPS) is 19.6. The van der Waals surface area contributed by atoms with Crippen LogP contribution in [0, 0.1) is 13.8 Å². The number of aromatic nitrogens is 6. The molecular weight excluding hydrogens is 1310 g/mol. The number of halogens is 2. The molecule has 2 saturated carbocycles. The molecule has 9 aromatic rings. The summed E-state index contributed by atoms with van der Waals surface area (Å²) in [6.45, 7) is 8.06. The molecule has 0 bridgehead atoms. The van der Waals surface area contributed by atoms with Gasteiger partial charge in [0.2, 0.25) is 5.91 Å². The third-order valence-corrected chi connectivity index (χ3v) is 21.3. The van der Waals surface area contributed by atoms with E-state index in [-0.39, 0.29) is 36.1 Å². The summed E-state index contributed by atoms with van der Waals surface area (Å²) in [5, 5.41) is 4.55. The van der Waals surface area contributed by atoms with Gasteiger partial charge in [-0.15, -0.1) is 0 Å². The molecule has 20 heteroatoms. The van der Waals surface area contributed by atoms with Gasteiger partial charge < -0.3 is 28.8 Å². The minimum atomic E-state index is -0.801. The minimum absolute atomic E-state index is 0.101. The highest BCUT2D eigenvalue weighted by Crippen LogP contribution is 2.41. The number of nitrogens with one attached hydrogen (secondary N) is 1. The van der Waals surface area contributed by atoms with Crippen molar-refractivity contribution >= 4 is 58.6 Å². The number of nitrogens with zero attached hydrogens (tertiary/aromatic N) is 11. The molecule has 0 radical (unpaired) electrons. The molecule has 18 nitrogen and oxygen atoms in total. The zero-order valence-electron chi connectivity index (χ0n) is 57.6. The number of benzene rings is 5. The third-order valence-electron chi connectivity index (χ3n) is 20.9. The number of ether oxygens (including phenoxy) is 2. The van der Waals surface area contributed by atoms with Crippen LogP contribution in [0.3, 0.4) is 0 Å². The molecule has 101 heavy (non-hydrogen) atoms. The van der Waals surface area contributed by atoms with E-state index in [9.17, 15) is 14.4 Å². The van der Waals surface area contributed by atoms with E-state index in [4.69, 9.17) is 42.6 Å². The zero-order valence-corrected chi connectivity index (χ0v) is 59.1. The quantitative estimate of drug-likeness (QED) is 0.109. The van der Waals surface area contributed by atoms with Crippen molar-refractivity contribution in [3.63, 3.8) is 0 Å². The van der Waals surface area contributed by atoms with Gasteiger partial charge in [-0.1, -0.05) is 115 Å². The number of aryl methyl sites for hydroxylation is 6. The van der Waals surface area contributed by atoms with Crippen molar-refractivity contribution in [3.8, 4) is 0 Å². The fourth-order valence-electron chi connectivity index (χ4n) is 15.8. The van der Waals surface area contributed by atoms with Crippen molar-refractivity contribution in [2.75, 3.05) is 49.5 Å². The molecule has 4 fully saturated rings. The predicted molar refractivity (Wildman–Crippen MR) is 392 cm³/mol. The minimum Gasteiger partial charge on any atom is -0.446 e. The Labute approximate surface area is 601 Å². The number of imidazole rings is 2. The molecule has 2 aliphatic heterocycles. The lowest BCUT2D eigenvalue weighted by Crippen LogP contribution is -2.62. The second kappa shape index (κ2) is 31.8. The molecule has 5 aromatic carbocycles. The monoisotopic (exact) mass is 1390 g/mol. The molecule has 2 saturated heterocycles. The molecule has 0 spiro atoms. The molecule has 4 amide bonds. The summed E-state index contributed by atoms with van der Waals surface area (Å²) in [7, 11) is 0. The van der Waals surface area contributed by atoms with Gasteiger partial charge in [0.1, 0.15) is 24.3 Å². The van der Waals surface area contributed by atoms with E-state index in [1.54, 1.807) is 16.1 Å². The van der Waals surface area contributed by atoms with E-state index in [1.807, 2.05) is 150 Å². The van der Waals surface area contributed by atoms with E-state index in [0.29, 0.717) is 74.6 Å². The first kappa shape index (κ1) is 68.9. The number of amides is 4.